The summed E-state index contributed by atoms with van der Waals surface area (Å²) in [6.45, 7) is 2.75. The Balaban J connectivity index is 2.02. The molecule has 0 aromatic heterocycles. The molecule has 0 radical (unpaired) electrons. The van der Waals surface area contributed by atoms with Gasteiger partial charge in [-0.15, -0.1) is 0 Å². The Hall–Kier alpha value is -0.570. The van der Waals surface area contributed by atoms with Crippen molar-refractivity contribution in [1.29, 1.82) is 0 Å². The number of carboxylic acids is 1. The zero-order chi connectivity index (χ0) is 11.1. The Morgan fingerprint density at radius 2 is 2.13 bits per heavy atom. The van der Waals surface area contributed by atoms with Crippen LogP contribution in [0.25, 0.3) is 0 Å². The van der Waals surface area contributed by atoms with Crippen molar-refractivity contribution >= 4 is 5.97 Å². The van der Waals surface area contributed by atoms with Gasteiger partial charge in [0, 0.05) is 0 Å². The van der Waals surface area contributed by atoms with Crippen LogP contribution < -0.4 is 5.32 Å². The first-order valence-electron chi connectivity index (χ1n) is 6.20. The van der Waals surface area contributed by atoms with Crippen LogP contribution in [-0.2, 0) is 4.79 Å². The normalized spacial score (nSPS) is 19.3. The maximum Gasteiger partial charge on any atom is 0.320 e. The average molecular weight is 213 g/mol. The Morgan fingerprint density at radius 1 is 1.47 bits per heavy atom. The fraction of sp³-hybridized carbons (Fsp3) is 0.917. The first-order chi connectivity index (χ1) is 7.24. The van der Waals surface area contributed by atoms with Crippen LogP contribution in [0.2, 0.25) is 0 Å². The highest BCUT2D eigenvalue weighted by Gasteiger charge is 2.16. The van der Waals surface area contributed by atoms with Crippen molar-refractivity contribution in [1.82, 2.24) is 5.32 Å². The van der Waals surface area contributed by atoms with Crippen molar-refractivity contribution in [2.45, 2.75) is 57.9 Å². The van der Waals surface area contributed by atoms with E-state index in [0.29, 0.717) is 6.42 Å². The molecule has 3 heteroatoms. The third kappa shape index (κ3) is 4.65. The van der Waals surface area contributed by atoms with Gasteiger partial charge in [-0.3, -0.25) is 4.79 Å². The van der Waals surface area contributed by atoms with Crippen LogP contribution in [0.3, 0.4) is 0 Å². The summed E-state index contributed by atoms with van der Waals surface area (Å²) in [5.74, 6) is 0.190. The summed E-state index contributed by atoms with van der Waals surface area (Å²) < 4.78 is 0. The monoisotopic (exact) mass is 213 g/mol. The van der Waals surface area contributed by atoms with Gasteiger partial charge in [-0.25, -0.2) is 0 Å². The van der Waals surface area contributed by atoms with Crippen molar-refractivity contribution in [3.63, 3.8) is 0 Å². The molecule has 2 N–H and O–H groups in total. The summed E-state index contributed by atoms with van der Waals surface area (Å²) in [4.78, 5) is 10.7. The summed E-state index contributed by atoms with van der Waals surface area (Å²) in [5.41, 5.74) is 0. The molecule has 0 amide bonds. The first kappa shape index (κ1) is 12.5. The minimum absolute atomic E-state index is 0.353. The molecule has 0 aliphatic heterocycles. The van der Waals surface area contributed by atoms with E-state index in [0.717, 1.165) is 18.9 Å². The quantitative estimate of drug-likeness (QED) is 0.638. The molecule has 0 saturated heterocycles. The number of nitrogens with one attached hydrogen (secondary N) is 1. The van der Waals surface area contributed by atoms with Crippen molar-refractivity contribution in [3.8, 4) is 0 Å². The predicted octanol–water partition coefficient (Wildman–Crippen LogP) is 2.41. The van der Waals surface area contributed by atoms with Gasteiger partial charge in [-0.1, -0.05) is 32.6 Å². The topological polar surface area (TPSA) is 49.3 Å². The highest BCUT2D eigenvalue weighted by molar-refractivity contribution is 5.73. The third-order valence-electron chi connectivity index (χ3n) is 3.36. The van der Waals surface area contributed by atoms with Gasteiger partial charge in [-0.05, 0) is 31.7 Å². The van der Waals surface area contributed by atoms with E-state index in [1.165, 1.54) is 32.1 Å². The average Bonchev–Trinajstić information content (AvgIpc) is 2.70. The van der Waals surface area contributed by atoms with Gasteiger partial charge < -0.3 is 10.4 Å². The molecule has 3 nitrogen and oxygen atoms in total. The van der Waals surface area contributed by atoms with Crippen molar-refractivity contribution in [2.24, 2.45) is 5.92 Å². The summed E-state index contributed by atoms with van der Waals surface area (Å²) in [5, 5.41) is 11.9. The second-order valence-electron chi connectivity index (χ2n) is 4.55. The Kier molecular flexibility index (Phi) is 5.69. The predicted molar refractivity (Wildman–Crippen MR) is 60.9 cm³/mol. The van der Waals surface area contributed by atoms with Crippen LogP contribution in [0.4, 0.5) is 0 Å². The van der Waals surface area contributed by atoms with Gasteiger partial charge in [-0.2, -0.15) is 0 Å². The molecule has 0 aromatic carbocycles. The van der Waals surface area contributed by atoms with E-state index in [9.17, 15) is 4.79 Å². The van der Waals surface area contributed by atoms with E-state index < -0.39 is 5.97 Å². The molecule has 0 bridgehead atoms. The maximum atomic E-state index is 10.7. The van der Waals surface area contributed by atoms with Gasteiger partial charge in [0.25, 0.3) is 0 Å². The minimum Gasteiger partial charge on any atom is -0.480 e. The van der Waals surface area contributed by atoms with Crippen LogP contribution in [0.1, 0.15) is 51.9 Å². The third-order valence-corrected chi connectivity index (χ3v) is 3.36. The molecule has 88 valence electrons. The SMILES string of the molecule is CCC(NCCCC1CCCC1)C(=O)O. The van der Waals surface area contributed by atoms with E-state index in [1.807, 2.05) is 6.92 Å². The highest BCUT2D eigenvalue weighted by atomic mass is 16.4. The zero-order valence-corrected chi connectivity index (χ0v) is 9.67. The van der Waals surface area contributed by atoms with Crippen LogP contribution in [0, 0.1) is 5.92 Å². The number of hydrogen-bond acceptors (Lipinski definition) is 2. The molecule has 0 heterocycles. The van der Waals surface area contributed by atoms with E-state index in [4.69, 9.17) is 5.11 Å². The summed E-state index contributed by atoms with van der Waals surface area (Å²) >= 11 is 0. The number of hydrogen-bond donors (Lipinski definition) is 2. The first-order valence-corrected chi connectivity index (χ1v) is 6.20. The lowest BCUT2D eigenvalue weighted by molar-refractivity contribution is -0.139. The molecule has 1 aliphatic rings. The molecule has 1 fully saturated rings. The summed E-state index contributed by atoms with van der Waals surface area (Å²) in [7, 11) is 0. The van der Waals surface area contributed by atoms with Crippen molar-refractivity contribution in [2.75, 3.05) is 6.54 Å². The molecular formula is C12H23NO2. The van der Waals surface area contributed by atoms with Gasteiger partial charge in [0.05, 0.1) is 0 Å². The standard InChI is InChI=1S/C12H23NO2/c1-2-11(12(14)15)13-9-5-8-10-6-3-4-7-10/h10-11,13H,2-9H2,1H3,(H,14,15). The van der Waals surface area contributed by atoms with Crippen molar-refractivity contribution < 1.29 is 9.90 Å². The smallest absolute Gasteiger partial charge is 0.320 e. The molecule has 0 spiro atoms. The number of aliphatic carboxylic acids is 1. The van der Waals surface area contributed by atoms with Crippen LogP contribution in [0.5, 0.6) is 0 Å². The van der Waals surface area contributed by atoms with E-state index >= 15 is 0 Å². The molecule has 0 aromatic rings. The highest BCUT2D eigenvalue weighted by Crippen LogP contribution is 2.28. The number of carboxylic acid groups (broad SMARTS) is 1. The van der Waals surface area contributed by atoms with Gasteiger partial charge in [0.1, 0.15) is 6.04 Å². The second-order valence-corrected chi connectivity index (χ2v) is 4.55. The van der Waals surface area contributed by atoms with Crippen LogP contribution >= 0.6 is 0 Å². The molecule has 1 rings (SSSR count). The molecule has 1 aliphatic carbocycles. The molecule has 1 atom stereocenters. The zero-order valence-electron chi connectivity index (χ0n) is 9.67. The van der Waals surface area contributed by atoms with Crippen LogP contribution in [-0.4, -0.2) is 23.7 Å². The maximum absolute atomic E-state index is 10.7. The van der Waals surface area contributed by atoms with E-state index in [1.54, 1.807) is 0 Å². The molecule has 15 heavy (non-hydrogen) atoms. The molecule has 1 saturated carbocycles. The van der Waals surface area contributed by atoms with E-state index in [2.05, 4.69) is 5.32 Å². The van der Waals surface area contributed by atoms with Gasteiger partial charge in [0.2, 0.25) is 0 Å². The Labute approximate surface area is 92.3 Å². The number of carbonyl (C=O) groups is 1. The lowest BCUT2D eigenvalue weighted by Crippen LogP contribution is -2.36. The van der Waals surface area contributed by atoms with Crippen molar-refractivity contribution in [3.05, 3.63) is 0 Å². The largest absolute Gasteiger partial charge is 0.480 e. The summed E-state index contributed by atoms with van der Waals surface area (Å²) in [6.07, 6.45) is 8.61. The lowest BCUT2D eigenvalue weighted by Gasteiger charge is -2.13. The fourth-order valence-corrected chi connectivity index (χ4v) is 2.37. The van der Waals surface area contributed by atoms with Gasteiger partial charge >= 0.3 is 5.97 Å². The number of rotatable bonds is 7. The second kappa shape index (κ2) is 6.83. The van der Waals surface area contributed by atoms with E-state index in [-0.39, 0.29) is 6.04 Å². The Morgan fingerprint density at radius 3 is 2.67 bits per heavy atom. The minimum atomic E-state index is -0.724. The lowest BCUT2D eigenvalue weighted by atomic mass is 10.0. The molecular weight excluding hydrogens is 190 g/mol. The Bertz CT molecular complexity index is 188. The van der Waals surface area contributed by atoms with Gasteiger partial charge in [0.15, 0.2) is 0 Å². The molecule has 1 unspecified atom stereocenters. The van der Waals surface area contributed by atoms with Crippen LogP contribution in [0.15, 0.2) is 0 Å². The summed E-state index contributed by atoms with van der Waals surface area (Å²) in [6, 6.07) is -0.353. The fourth-order valence-electron chi connectivity index (χ4n) is 2.37.